The highest BCUT2D eigenvalue weighted by Gasteiger charge is 2.49. The van der Waals surface area contributed by atoms with Crippen LogP contribution in [0.1, 0.15) is 20.3 Å². The quantitative estimate of drug-likeness (QED) is 0.781. The third-order valence-corrected chi connectivity index (χ3v) is 2.96. The first kappa shape index (κ1) is 10.9. The van der Waals surface area contributed by atoms with Crippen LogP contribution in [0.2, 0.25) is 0 Å². The van der Waals surface area contributed by atoms with Crippen molar-refractivity contribution >= 4 is 29.2 Å². The number of aliphatic carboxylic acids is 1. The number of hydrogen-bond acceptors (Lipinski definition) is 1. The van der Waals surface area contributed by atoms with Gasteiger partial charge in [-0.25, -0.2) is 0 Å². The van der Waals surface area contributed by atoms with Crippen molar-refractivity contribution in [2.24, 2.45) is 17.3 Å². The van der Waals surface area contributed by atoms with Gasteiger partial charge in [0.2, 0.25) is 0 Å². The van der Waals surface area contributed by atoms with Gasteiger partial charge in [-0.1, -0.05) is 37.0 Å². The molecule has 74 valence electrons. The predicted octanol–water partition coefficient (Wildman–Crippen LogP) is 3.05. The van der Waals surface area contributed by atoms with Crippen molar-refractivity contribution in [3.8, 4) is 0 Å². The Morgan fingerprint density at radius 3 is 2.38 bits per heavy atom. The second-order valence-electron chi connectivity index (χ2n) is 4.12. The molecule has 2 nitrogen and oxygen atoms in total. The van der Waals surface area contributed by atoms with Crippen LogP contribution in [0.5, 0.6) is 0 Å². The predicted molar refractivity (Wildman–Crippen MR) is 52.8 cm³/mol. The molecule has 0 unspecified atom stereocenters. The Morgan fingerprint density at radius 1 is 1.54 bits per heavy atom. The van der Waals surface area contributed by atoms with Gasteiger partial charge < -0.3 is 5.11 Å². The van der Waals surface area contributed by atoms with Crippen molar-refractivity contribution in [1.29, 1.82) is 0 Å². The zero-order chi connectivity index (χ0) is 10.2. The Kier molecular flexibility index (Phi) is 2.93. The van der Waals surface area contributed by atoms with Crippen molar-refractivity contribution < 1.29 is 9.90 Å². The summed E-state index contributed by atoms with van der Waals surface area (Å²) in [5.74, 6) is -1.15. The molecule has 1 N–H and O–H groups in total. The maximum absolute atomic E-state index is 10.7. The van der Waals surface area contributed by atoms with Crippen molar-refractivity contribution in [3.05, 3.63) is 10.6 Å². The van der Waals surface area contributed by atoms with Crippen LogP contribution in [-0.4, -0.2) is 11.1 Å². The summed E-state index contributed by atoms with van der Waals surface area (Å²) in [5.41, 5.74) is -0.00190. The molecule has 2 atom stereocenters. The van der Waals surface area contributed by atoms with Crippen LogP contribution in [0.25, 0.3) is 0 Å². The fourth-order valence-corrected chi connectivity index (χ4v) is 2.20. The summed E-state index contributed by atoms with van der Waals surface area (Å²) in [5, 5.41) is 8.83. The lowest BCUT2D eigenvalue weighted by molar-refractivity contribution is -0.153. The Labute approximate surface area is 87.5 Å². The van der Waals surface area contributed by atoms with Gasteiger partial charge >= 0.3 is 5.97 Å². The summed E-state index contributed by atoms with van der Waals surface area (Å²) in [6, 6.07) is 0. The molecule has 1 aliphatic rings. The van der Waals surface area contributed by atoms with Gasteiger partial charge in [0.15, 0.2) is 0 Å². The van der Waals surface area contributed by atoms with Gasteiger partial charge in [-0.05, 0) is 23.8 Å². The fraction of sp³-hybridized carbons (Fsp3) is 0.667. The van der Waals surface area contributed by atoms with Gasteiger partial charge in [-0.15, -0.1) is 0 Å². The second-order valence-corrected chi connectivity index (χ2v) is 5.13. The molecule has 0 aromatic rings. The maximum atomic E-state index is 10.7. The first-order valence-corrected chi connectivity index (χ1v) is 4.86. The maximum Gasteiger partial charge on any atom is 0.307 e. The van der Waals surface area contributed by atoms with Crippen LogP contribution in [0.3, 0.4) is 0 Å². The Balaban J connectivity index is 2.77. The largest absolute Gasteiger partial charge is 0.481 e. The number of carboxylic acid groups (broad SMARTS) is 1. The highest BCUT2D eigenvalue weighted by molar-refractivity contribution is 6.55. The number of allylic oxidation sites excluding steroid dienone is 1. The molecule has 1 fully saturated rings. The van der Waals surface area contributed by atoms with E-state index in [1.54, 1.807) is 6.08 Å². The van der Waals surface area contributed by atoms with Gasteiger partial charge in [0, 0.05) is 0 Å². The lowest BCUT2D eigenvalue weighted by Crippen LogP contribution is -2.46. The summed E-state index contributed by atoms with van der Waals surface area (Å²) < 4.78 is 0.157. The van der Waals surface area contributed by atoms with E-state index in [1.165, 1.54) is 0 Å². The highest BCUT2D eigenvalue weighted by atomic mass is 35.5. The summed E-state index contributed by atoms with van der Waals surface area (Å²) >= 11 is 11.0. The van der Waals surface area contributed by atoms with E-state index in [2.05, 4.69) is 0 Å². The number of hydrogen-bond donors (Lipinski definition) is 1. The van der Waals surface area contributed by atoms with Crippen molar-refractivity contribution in [3.63, 3.8) is 0 Å². The third kappa shape index (κ3) is 2.18. The second kappa shape index (κ2) is 3.50. The van der Waals surface area contributed by atoms with E-state index in [-0.39, 0.29) is 21.7 Å². The van der Waals surface area contributed by atoms with Crippen LogP contribution in [0, 0.1) is 17.3 Å². The van der Waals surface area contributed by atoms with E-state index < -0.39 is 5.97 Å². The molecule has 0 radical (unpaired) electrons. The van der Waals surface area contributed by atoms with Gasteiger partial charge in [0.25, 0.3) is 0 Å². The molecule has 1 saturated carbocycles. The molecular weight excluding hydrogens is 211 g/mol. The highest BCUT2D eigenvalue weighted by Crippen LogP contribution is 2.52. The minimum Gasteiger partial charge on any atom is -0.481 e. The molecule has 0 bridgehead atoms. The van der Waals surface area contributed by atoms with Crippen LogP contribution in [0.15, 0.2) is 10.6 Å². The standard InChI is InChI=1S/C9H12Cl2O2/c1-9(2)4-5(8(12)13)6(9)3-7(10)11/h3,5-6H,4H2,1-2H3,(H,12,13)/t5-,6-/m1/s1. The third-order valence-electron chi connectivity index (χ3n) is 2.70. The van der Waals surface area contributed by atoms with Gasteiger partial charge in [0.1, 0.15) is 4.49 Å². The average Bonchev–Trinajstić information content (AvgIpc) is 1.96. The van der Waals surface area contributed by atoms with E-state index in [1.807, 2.05) is 13.8 Å². The molecule has 0 amide bonds. The lowest BCUT2D eigenvalue weighted by atomic mass is 9.56. The molecule has 0 aromatic heterocycles. The number of rotatable bonds is 2. The van der Waals surface area contributed by atoms with Crippen molar-refractivity contribution in [1.82, 2.24) is 0 Å². The zero-order valence-electron chi connectivity index (χ0n) is 7.55. The molecule has 13 heavy (non-hydrogen) atoms. The topological polar surface area (TPSA) is 37.3 Å². The summed E-state index contributed by atoms with van der Waals surface area (Å²) in [6.07, 6.45) is 2.32. The monoisotopic (exact) mass is 222 g/mol. The molecule has 0 saturated heterocycles. The molecule has 1 aliphatic carbocycles. The summed E-state index contributed by atoms with van der Waals surface area (Å²) in [4.78, 5) is 10.7. The first-order chi connectivity index (χ1) is 5.84. The Hall–Kier alpha value is -0.210. The molecule has 0 heterocycles. The minimum atomic E-state index is -0.768. The molecule has 4 heteroatoms. The van der Waals surface area contributed by atoms with Crippen LogP contribution < -0.4 is 0 Å². The molecular formula is C9H12Cl2O2. The van der Waals surface area contributed by atoms with Crippen LogP contribution >= 0.6 is 23.2 Å². The Morgan fingerprint density at radius 2 is 2.08 bits per heavy atom. The first-order valence-electron chi connectivity index (χ1n) is 4.10. The van der Waals surface area contributed by atoms with Crippen molar-refractivity contribution in [2.45, 2.75) is 20.3 Å². The van der Waals surface area contributed by atoms with E-state index >= 15 is 0 Å². The van der Waals surface area contributed by atoms with Crippen LogP contribution in [-0.2, 0) is 4.79 Å². The molecule has 1 rings (SSSR count). The number of carboxylic acids is 1. The normalized spacial score (nSPS) is 30.5. The molecule has 0 aliphatic heterocycles. The van der Waals surface area contributed by atoms with Gasteiger partial charge in [0.05, 0.1) is 5.92 Å². The minimum absolute atomic E-state index is 0.00190. The SMILES string of the molecule is CC1(C)C[C@@H](C(=O)O)[C@H]1C=C(Cl)Cl. The van der Waals surface area contributed by atoms with Gasteiger partial charge in [-0.2, -0.15) is 0 Å². The zero-order valence-corrected chi connectivity index (χ0v) is 9.06. The number of carbonyl (C=O) groups is 1. The van der Waals surface area contributed by atoms with Gasteiger partial charge in [-0.3, -0.25) is 4.79 Å². The molecule has 0 aromatic carbocycles. The lowest BCUT2D eigenvalue weighted by Gasteiger charge is -2.48. The fourth-order valence-electron chi connectivity index (χ4n) is 1.93. The molecule has 0 spiro atoms. The summed E-state index contributed by atoms with van der Waals surface area (Å²) in [6.45, 7) is 4.04. The summed E-state index contributed by atoms with van der Waals surface area (Å²) in [7, 11) is 0. The van der Waals surface area contributed by atoms with Crippen LogP contribution in [0.4, 0.5) is 0 Å². The smallest absolute Gasteiger partial charge is 0.307 e. The van der Waals surface area contributed by atoms with E-state index in [0.29, 0.717) is 6.42 Å². The van der Waals surface area contributed by atoms with E-state index in [9.17, 15) is 4.79 Å². The van der Waals surface area contributed by atoms with E-state index in [4.69, 9.17) is 28.3 Å². The van der Waals surface area contributed by atoms with E-state index in [0.717, 1.165) is 0 Å². The van der Waals surface area contributed by atoms with Crippen molar-refractivity contribution in [2.75, 3.05) is 0 Å². The average molecular weight is 223 g/mol. The Bertz CT molecular complexity index is 254. The number of halogens is 2.